The molecule has 0 atom stereocenters. The highest BCUT2D eigenvalue weighted by atomic mass is 32.2. The van der Waals surface area contributed by atoms with E-state index in [1.54, 1.807) is 0 Å². The standard InChI is InChI=1S/C10H13NO6S/c1-17-9-3-2-7(6-8(9)12)11-18(15,16)5-4-10(13)14/h2-3,6,11-12H,4-5H2,1H3,(H,13,14). The van der Waals surface area contributed by atoms with Gasteiger partial charge in [0.25, 0.3) is 0 Å². The van der Waals surface area contributed by atoms with Gasteiger partial charge in [0, 0.05) is 6.07 Å². The molecule has 0 fully saturated rings. The van der Waals surface area contributed by atoms with Gasteiger partial charge in [0.1, 0.15) is 0 Å². The summed E-state index contributed by atoms with van der Waals surface area (Å²) in [4.78, 5) is 10.3. The number of anilines is 1. The number of carboxylic acids is 1. The highest BCUT2D eigenvalue weighted by Gasteiger charge is 2.13. The zero-order valence-electron chi connectivity index (χ0n) is 9.58. The van der Waals surface area contributed by atoms with Gasteiger partial charge in [-0.2, -0.15) is 0 Å². The minimum absolute atomic E-state index is 0.138. The summed E-state index contributed by atoms with van der Waals surface area (Å²) in [6, 6.07) is 3.97. The zero-order chi connectivity index (χ0) is 13.8. The lowest BCUT2D eigenvalue weighted by Crippen LogP contribution is -2.18. The van der Waals surface area contributed by atoms with Crippen LogP contribution in [-0.4, -0.2) is 37.5 Å². The Bertz CT molecular complexity index is 539. The Hall–Kier alpha value is -1.96. The summed E-state index contributed by atoms with van der Waals surface area (Å²) in [7, 11) is -2.38. The number of sulfonamides is 1. The Morgan fingerprint density at radius 2 is 2.11 bits per heavy atom. The third-order valence-corrected chi connectivity index (χ3v) is 3.33. The van der Waals surface area contributed by atoms with Gasteiger partial charge in [-0.15, -0.1) is 0 Å². The van der Waals surface area contributed by atoms with E-state index >= 15 is 0 Å². The Labute approximate surface area is 104 Å². The van der Waals surface area contributed by atoms with Crippen LogP contribution in [0.1, 0.15) is 6.42 Å². The fraction of sp³-hybridized carbons (Fsp3) is 0.300. The molecule has 0 aliphatic rings. The van der Waals surface area contributed by atoms with Crippen molar-refractivity contribution in [3.05, 3.63) is 18.2 Å². The van der Waals surface area contributed by atoms with E-state index in [2.05, 4.69) is 4.72 Å². The maximum Gasteiger partial charge on any atom is 0.304 e. The van der Waals surface area contributed by atoms with Crippen LogP contribution in [0.25, 0.3) is 0 Å². The molecule has 0 aliphatic heterocycles. The molecule has 0 saturated heterocycles. The molecule has 0 amide bonds. The van der Waals surface area contributed by atoms with Gasteiger partial charge >= 0.3 is 5.97 Å². The minimum atomic E-state index is -3.75. The van der Waals surface area contributed by atoms with Crippen molar-refractivity contribution in [1.29, 1.82) is 0 Å². The second-order valence-electron chi connectivity index (χ2n) is 3.45. The molecule has 0 bridgehead atoms. The van der Waals surface area contributed by atoms with Crippen LogP contribution in [0.2, 0.25) is 0 Å². The molecule has 7 nitrogen and oxygen atoms in total. The number of phenols is 1. The molecule has 18 heavy (non-hydrogen) atoms. The first-order chi connectivity index (χ1) is 8.34. The SMILES string of the molecule is COc1ccc(NS(=O)(=O)CCC(=O)O)cc1O. The summed E-state index contributed by atoms with van der Waals surface area (Å²) in [5, 5.41) is 17.9. The van der Waals surface area contributed by atoms with Crippen molar-refractivity contribution < 1.29 is 28.2 Å². The van der Waals surface area contributed by atoms with E-state index < -0.39 is 28.2 Å². The van der Waals surface area contributed by atoms with Gasteiger partial charge in [-0.1, -0.05) is 0 Å². The number of carbonyl (C=O) groups is 1. The van der Waals surface area contributed by atoms with Gasteiger partial charge in [0.15, 0.2) is 11.5 Å². The lowest BCUT2D eigenvalue weighted by atomic mass is 10.3. The molecule has 1 aromatic rings. The van der Waals surface area contributed by atoms with Crippen LogP contribution in [0.5, 0.6) is 11.5 Å². The van der Waals surface area contributed by atoms with Crippen LogP contribution in [0, 0.1) is 0 Å². The first-order valence-electron chi connectivity index (χ1n) is 4.93. The molecule has 0 saturated carbocycles. The molecule has 0 unspecified atom stereocenters. The summed E-state index contributed by atoms with van der Waals surface area (Å²) in [5.41, 5.74) is 0.138. The van der Waals surface area contributed by atoms with E-state index in [9.17, 15) is 18.3 Å². The van der Waals surface area contributed by atoms with Crippen LogP contribution < -0.4 is 9.46 Å². The highest BCUT2D eigenvalue weighted by Crippen LogP contribution is 2.28. The Kier molecular flexibility index (Phi) is 4.38. The molecular formula is C10H13NO6S. The summed E-state index contributed by atoms with van der Waals surface area (Å²) in [6.45, 7) is 0. The second kappa shape index (κ2) is 5.58. The third-order valence-electron chi connectivity index (χ3n) is 2.04. The van der Waals surface area contributed by atoms with Crippen molar-refractivity contribution in [3.8, 4) is 11.5 Å². The molecule has 0 spiro atoms. The maximum absolute atomic E-state index is 11.5. The predicted octanol–water partition coefficient (Wildman–Crippen LogP) is 0.617. The number of rotatable bonds is 6. The Morgan fingerprint density at radius 1 is 1.44 bits per heavy atom. The lowest BCUT2D eigenvalue weighted by Gasteiger charge is -2.09. The molecule has 3 N–H and O–H groups in total. The number of nitrogens with one attached hydrogen (secondary N) is 1. The topological polar surface area (TPSA) is 113 Å². The van der Waals surface area contributed by atoms with Gasteiger partial charge in [-0.05, 0) is 12.1 Å². The number of hydrogen-bond acceptors (Lipinski definition) is 5. The fourth-order valence-electron chi connectivity index (χ4n) is 1.21. The van der Waals surface area contributed by atoms with Crippen LogP contribution in [0.15, 0.2) is 18.2 Å². The van der Waals surface area contributed by atoms with E-state index in [4.69, 9.17) is 9.84 Å². The van der Waals surface area contributed by atoms with E-state index in [0.29, 0.717) is 0 Å². The van der Waals surface area contributed by atoms with Gasteiger partial charge in [0.05, 0.1) is 25.0 Å². The number of ether oxygens (including phenoxy) is 1. The molecule has 1 aromatic carbocycles. The molecular weight excluding hydrogens is 262 g/mol. The van der Waals surface area contributed by atoms with Crippen molar-refractivity contribution in [2.75, 3.05) is 17.6 Å². The van der Waals surface area contributed by atoms with E-state index in [0.717, 1.165) is 0 Å². The average molecular weight is 275 g/mol. The number of aliphatic carboxylic acids is 1. The molecule has 0 radical (unpaired) electrons. The Balaban J connectivity index is 2.78. The summed E-state index contributed by atoms with van der Waals surface area (Å²) < 4.78 is 29.9. The first-order valence-corrected chi connectivity index (χ1v) is 6.58. The number of carboxylic acid groups (broad SMARTS) is 1. The van der Waals surface area contributed by atoms with Crippen molar-refractivity contribution >= 4 is 21.7 Å². The fourth-order valence-corrected chi connectivity index (χ4v) is 2.24. The van der Waals surface area contributed by atoms with Crippen LogP contribution in [0.4, 0.5) is 5.69 Å². The van der Waals surface area contributed by atoms with Crippen LogP contribution >= 0.6 is 0 Å². The first kappa shape index (κ1) is 14.1. The molecule has 0 heterocycles. The smallest absolute Gasteiger partial charge is 0.304 e. The quantitative estimate of drug-likeness (QED) is 0.701. The molecule has 0 aliphatic carbocycles. The van der Waals surface area contributed by atoms with Crippen molar-refractivity contribution in [1.82, 2.24) is 0 Å². The zero-order valence-corrected chi connectivity index (χ0v) is 10.4. The van der Waals surface area contributed by atoms with Crippen LogP contribution in [0.3, 0.4) is 0 Å². The monoisotopic (exact) mass is 275 g/mol. The van der Waals surface area contributed by atoms with Gasteiger partial charge in [0.2, 0.25) is 10.0 Å². The van der Waals surface area contributed by atoms with E-state index in [-0.39, 0.29) is 17.2 Å². The van der Waals surface area contributed by atoms with Crippen molar-refractivity contribution in [2.45, 2.75) is 6.42 Å². The number of phenolic OH excluding ortho intramolecular Hbond substituents is 1. The molecule has 8 heteroatoms. The average Bonchev–Trinajstić information content (AvgIpc) is 2.26. The Morgan fingerprint density at radius 3 is 2.61 bits per heavy atom. The summed E-state index contributed by atoms with van der Waals surface area (Å²) in [5.74, 6) is -1.73. The summed E-state index contributed by atoms with van der Waals surface area (Å²) >= 11 is 0. The van der Waals surface area contributed by atoms with Gasteiger partial charge in [-0.25, -0.2) is 8.42 Å². The number of hydrogen-bond donors (Lipinski definition) is 3. The second-order valence-corrected chi connectivity index (χ2v) is 5.29. The van der Waals surface area contributed by atoms with Gasteiger partial charge < -0.3 is 14.9 Å². The predicted molar refractivity (Wildman–Crippen MR) is 64.3 cm³/mol. The lowest BCUT2D eigenvalue weighted by molar-refractivity contribution is -0.136. The molecule has 1 rings (SSSR count). The number of methoxy groups -OCH3 is 1. The molecule has 100 valence electrons. The van der Waals surface area contributed by atoms with E-state index in [1.165, 1.54) is 25.3 Å². The van der Waals surface area contributed by atoms with Crippen molar-refractivity contribution in [3.63, 3.8) is 0 Å². The normalized spacial score (nSPS) is 10.9. The minimum Gasteiger partial charge on any atom is -0.504 e. The van der Waals surface area contributed by atoms with Crippen LogP contribution in [-0.2, 0) is 14.8 Å². The van der Waals surface area contributed by atoms with E-state index in [1.807, 2.05) is 0 Å². The highest BCUT2D eigenvalue weighted by molar-refractivity contribution is 7.92. The maximum atomic E-state index is 11.5. The third kappa shape index (κ3) is 4.13. The largest absolute Gasteiger partial charge is 0.504 e. The summed E-state index contributed by atoms with van der Waals surface area (Å²) in [6.07, 6.45) is -0.489. The molecule has 0 aromatic heterocycles. The van der Waals surface area contributed by atoms with Crippen molar-refractivity contribution in [2.24, 2.45) is 0 Å². The number of benzene rings is 1. The van der Waals surface area contributed by atoms with Gasteiger partial charge in [-0.3, -0.25) is 9.52 Å². The number of aromatic hydroxyl groups is 1.